The summed E-state index contributed by atoms with van der Waals surface area (Å²) in [7, 11) is 0. The molecule has 0 aliphatic rings. The SMILES string of the molecule is CCCC(C)(N)C(=O)Nc1nc2c(C)cc(C)cc2s1.Cl. The molecule has 0 saturated carbocycles. The van der Waals surface area contributed by atoms with E-state index in [1.807, 2.05) is 13.8 Å². The number of benzene rings is 1. The highest BCUT2D eigenvalue weighted by Crippen LogP contribution is 2.29. The molecule has 1 atom stereocenters. The van der Waals surface area contributed by atoms with Crippen molar-refractivity contribution in [3.63, 3.8) is 0 Å². The molecule has 21 heavy (non-hydrogen) atoms. The second-order valence-electron chi connectivity index (χ2n) is 5.57. The summed E-state index contributed by atoms with van der Waals surface area (Å²) in [4.78, 5) is 16.7. The summed E-state index contributed by atoms with van der Waals surface area (Å²) in [6, 6.07) is 4.18. The van der Waals surface area contributed by atoms with Gasteiger partial charge < -0.3 is 11.1 Å². The predicted molar refractivity (Wildman–Crippen MR) is 92.5 cm³/mol. The molecule has 2 aromatic rings. The van der Waals surface area contributed by atoms with Crippen LogP contribution in [0, 0.1) is 13.8 Å². The lowest BCUT2D eigenvalue weighted by Crippen LogP contribution is -2.48. The number of nitrogens with zero attached hydrogens (tertiary/aromatic N) is 1. The Balaban J connectivity index is 0.00000220. The summed E-state index contributed by atoms with van der Waals surface area (Å²) in [5.41, 5.74) is 8.46. The van der Waals surface area contributed by atoms with Gasteiger partial charge in [0.15, 0.2) is 5.13 Å². The topological polar surface area (TPSA) is 68.0 Å². The number of thiazole rings is 1. The first-order valence-corrected chi connectivity index (χ1v) is 7.63. The van der Waals surface area contributed by atoms with Gasteiger partial charge in [0.05, 0.1) is 15.8 Å². The number of amides is 1. The Bertz CT molecular complexity index is 652. The van der Waals surface area contributed by atoms with Crippen LogP contribution in [0.25, 0.3) is 10.2 Å². The zero-order chi connectivity index (χ0) is 14.9. The highest BCUT2D eigenvalue weighted by Gasteiger charge is 2.28. The second-order valence-corrected chi connectivity index (χ2v) is 6.60. The van der Waals surface area contributed by atoms with Crippen LogP contribution < -0.4 is 11.1 Å². The van der Waals surface area contributed by atoms with Gasteiger partial charge in [-0.25, -0.2) is 4.98 Å². The summed E-state index contributed by atoms with van der Waals surface area (Å²) in [5.74, 6) is -0.173. The van der Waals surface area contributed by atoms with Crippen LogP contribution in [0.3, 0.4) is 0 Å². The van der Waals surface area contributed by atoms with Crippen molar-refractivity contribution >= 4 is 45.0 Å². The van der Waals surface area contributed by atoms with E-state index in [0.717, 1.165) is 22.2 Å². The van der Waals surface area contributed by atoms with E-state index in [1.165, 1.54) is 16.9 Å². The second kappa shape index (κ2) is 6.73. The number of rotatable bonds is 4. The van der Waals surface area contributed by atoms with E-state index in [-0.39, 0.29) is 18.3 Å². The summed E-state index contributed by atoms with van der Waals surface area (Å²) in [6.07, 6.45) is 1.53. The number of halogens is 1. The molecule has 0 aliphatic heterocycles. The van der Waals surface area contributed by atoms with Gasteiger partial charge in [0.2, 0.25) is 5.91 Å². The Morgan fingerprint density at radius 3 is 2.71 bits per heavy atom. The van der Waals surface area contributed by atoms with E-state index in [9.17, 15) is 4.79 Å². The van der Waals surface area contributed by atoms with E-state index in [4.69, 9.17) is 5.73 Å². The number of nitrogens with one attached hydrogen (secondary N) is 1. The van der Waals surface area contributed by atoms with Crippen LogP contribution in [0.5, 0.6) is 0 Å². The van der Waals surface area contributed by atoms with Crippen LogP contribution in [0.15, 0.2) is 12.1 Å². The minimum absolute atomic E-state index is 0. The fraction of sp³-hybridized carbons (Fsp3) is 0.467. The number of anilines is 1. The molecule has 0 bridgehead atoms. The number of nitrogens with two attached hydrogens (primary N) is 1. The zero-order valence-electron chi connectivity index (χ0n) is 12.8. The molecule has 0 saturated heterocycles. The normalized spacial score (nSPS) is 13.6. The molecule has 1 amide bonds. The third-order valence-electron chi connectivity index (χ3n) is 3.34. The quantitative estimate of drug-likeness (QED) is 0.897. The van der Waals surface area contributed by atoms with Crippen molar-refractivity contribution in [2.75, 3.05) is 5.32 Å². The molecule has 1 heterocycles. The molecule has 116 valence electrons. The highest BCUT2D eigenvalue weighted by atomic mass is 35.5. The molecule has 0 radical (unpaired) electrons. The fourth-order valence-electron chi connectivity index (χ4n) is 2.30. The third-order valence-corrected chi connectivity index (χ3v) is 4.26. The van der Waals surface area contributed by atoms with Crippen molar-refractivity contribution in [3.05, 3.63) is 23.3 Å². The maximum atomic E-state index is 12.2. The molecule has 1 unspecified atom stereocenters. The first-order chi connectivity index (χ1) is 9.33. The smallest absolute Gasteiger partial charge is 0.245 e. The number of carbonyl (C=O) groups excluding carboxylic acids is 1. The lowest BCUT2D eigenvalue weighted by atomic mass is 9.97. The standard InChI is InChI=1S/C15H21N3OS.ClH/c1-5-6-15(4,16)13(19)18-14-17-12-10(3)7-9(2)8-11(12)20-14;/h7-8H,5-6,16H2,1-4H3,(H,17,18,19);1H. The molecule has 4 nitrogen and oxygen atoms in total. The maximum Gasteiger partial charge on any atom is 0.245 e. The van der Waals surface area contributed by atoms with Crippen LogP contribution in [0.2, 0.25) is 0 Å². The number of hydrogen-bond acceptors (Lipinski definition) is 4. The minimum atomic E-state index is -0.850. The fourth-order valence-corrected chi connectivity index (χ4v) is 3.33. The average Bonchev–Trinajstić information content (AvgIpc) is 2.71. The summed E-state index contributed by atoms with van der Waals surface area (Å²) >= 11 is 1.49. The molecular weight excluding hydrogens is 306 g/mol. The minimum Gasteiger partial charge on any atom is -0.318 e. The Morgan fingerprint density at radius 1 is 1.43 bits per heavy atom. The van der Waals surface area contributed by atoms with Crippen molar-refractivity contribution in [1.82, 2.24) is 4.98 Å². The van der Waals surface area contributed by atoms with E-state index in [1.54, 1.807) is 6.92 Å². The Kier molecular flexibility index (Phi) is 5.73. The molecule has 0 aliphatic carbocycles. The van der Waals surface area contributed by atoms with Crippen molar-refractivity contribution in [2.24, 2.45) is 5.73 Å². The van der Waals surface area contributed by atoms with E-state index in [0.29, 0.717) is 11.6 Å². The number of fused-ring (bicyclic) bond motifs is 1. The van der Waals surface area contributed by atoms with Gasteiger partial charge in [0.1, 0.15) is 0 Å². The van der Waals surface area contributed by atoms with E-state index >= 15 is 0 Å². The van der Waals surface area contributed by atoms with E-state index < -0.39 is 5.54 Å². The van der Waals surface area contributed by atoms with Crippen LogP contribution in [0.4, 0.5) is 5.13 Å². The van der Waals surface area contributed by atoms with Crippen molar-refractivity contribution in [3.8, 4) is 0 Å². The van der Waals surface area contributed by atoms with Crippen LogP contribution in [0.1, 0.15) is 37.8 Å². The van der Waals surface area contributed by atoms with Gasteiger partial charge in [0.25, 0.3) is 0 Å². The first kappa shape index (κ1) is 17.9. The van der Waals surface area contributed by atoms with Gasteiger partial charge in [0, 0.05) is 0 Å². The van der Waals surface area contributed by atoms with Crippen molar-refractivity contribution in [2.45, 2.75) is 46.1 Å². The molecule has 0 spiro atoms. The van der Waals surface area contributed by atoms with Crippen molar-refractivity contribution < 1.29 is 4.79 Å². The number of carbonyl (C=O) groups is 1. The monoisotopic (exact) mass is 327 g/mol. The zero-order valence-corrected chi connectivity index (χ0v) is 14.5. The molecule has 0 fully saturated rings. The predicted octanol–water partition coefficient (Wildman–Crippen LogP) is 3.79. The Labute approximate surface area is 135 Å². The van der Waals surface area contributed by atoms with Gasteiger partial charge in [-0.15, -0.1) is 12.4 Å². The Hall–Kier alpha value is -1.17. The van der Waals surface area contributed by atoms with Gasteiger partial charge in [-0.2, -0.15) is 0 Å². The molecule has 1 aromatic heterocycles. The average molecular weight is 328 g/mol. The lowest BCUT2D eigenvalue weighted by molar-refractivity contribution is -0.120. The summed E-state index contributed by atoms with van der Waals surface area (Å²) in [6.45, 7) is 7.87. The lowest BCUT2D eigenvalue weighted by Gasteiger charge is -2.21. The van der Waals surface area contributed by atoms with Crippen LogP contribution in [-0.4, -0.2) is 16.4 Å². The highest BCUT2D eigenvalue weighted by molar-refractivity contribution is 7.22. The number of aryl methyl sites for hydroxylation is 2. The van der Waals surface area contributed by atoms with Gasteiger partial charge in [-0.3, -0.25) is 4.79 Å². The molecule has 6 heteroatoms. The summed E-state index contributed by atoms with van der Waals surface area (Å²) in [5, 5.41) is 3.46. The van der Waals surface area contributed by atoms with Gasteiger partial charge in [-0.1, -0.05) is 30.7 Å². The van der Waals surface area contributed by atoms with Gasteiger partial charge in [-0.05, 0) is 44.4 Å². The molecule has 1 aromatic carbocycles. The van der Waals surface area contributed by atoms with Crippen LogP contribution in [-0.2, 0) is 4.79 Å². The third kappa shape index (κ3) is 3.93. The first-order valence-electron chi connectivity index (χ1n) is 6.81. The largest absolute Gasteiger partial charge is 0.318 e. The number of aromatic nitrogens is 1. The van der Waals surface area contributed by atoms with Gasteiger partial charge >= 0.3 is 0 Å². The Morgan fingerprint density at radius 2 is 2.10 bits per heavy atom. The molecular formula is C15H22ClN3OS. The molecule has 2 rings (SSSR count). The number of hydrogen-bond donors (Lipinski definition) is 2. The maximum absolute atomic E-state index is 12.2. The van der Waals surface area contributed by atoms with Crippen molar-refractivity contribution in [1.29, 1.82) is 0 Å². The molecule has 3 N–H and O–H groups in total. The van der Waals surface area contributed by atoms with Crippen LogP contribution >= 0.6 is 23.7 Å². The summed E-state index contributed by atoms with van der Waals surface area (Å²) < 4.78 is 1.09. The van der Waals surface area contributed by atoms with E-state index in [2.05, 4.69) is 29.4 Å².